The van der Waals surface area contributed by atoms with Crippen molar-refractivity contribution in [3.05, 3.63) is 64.1 Å². The van der Waals surface area contributed by atoms with E-state index in [1.165, 1.54) is 5.56 Å². The molecule has 1 atom stereocenters. The van der Waals surface area contributed by atoms with Crippen LogP contribution < -0.4 is 10.2 Å². The number of carboxylic acid groups (broad SMARTS) is 1. The fourth-order valence-electron chi connectivity index (χ4n) is 3.77. The Hall–Kier alpha value is -2.58. The smallest absolute Gasteiger partial charge is 0.408 e. The highest BCUT2D eigenvalue weighted by molar-refractivity contribution is 9.10. The van der Waals surface area contributed by atoms with Crippen LogP contribution in [0.2, 0.25) is 0 Å². The standard InChI is InChI=1S/C25H32BrN3O4/c1-25(2,3)33-24(32)27-22(23(30)31)15-19-9-10-20(16-21(19)26)29-13-11-28(12-14-29)17-18-7-5-4-6-8-18/h4-10,16,22H,11-15,17H2,1-3H3,(H,27,32)(H,30,31). The predicted octanol–water partition coefficient (Wildman–Crippen LogP) is 4.29. The Balaban J connectivity index is 1.58. The van der Waals surface area contributed by atoms with Gasteiger partial charge in [0.2, 0.25) is 0 Å². The van der Waals surface area contributed by atoms with Gasteiger partial charge >= 0.3 is 12.1 Å². The number of carbonyl (C=O) groups excluding carboxylic acids is 1. The first-order chi connectivity index (χ1) is 15.6. The fraction of sp³-hybridized carbons (Fsp3) is 0.440. The number of ether oxygens (including phenoxy) is 1. The van der Waals surface area contributed by atoms with Crippen LogP contribution in [0.5, 0.6) is 0 Å². The molecule has 2 aromatic carbocycles. The molecule has 1 fully saturated rings. The van der Waals surface area contributed by atoms with E-state index in [4.69, 9.17) is 4.74 Å². The van der Waals surface area contributed by atoms with Crippen molar-refractivity contribution < 1.29 is 19.4 Å². The van der Waals surface area contributed by atoms with E-state index in [-0.39, 0.29) is 6.42 Å². The van der Waals surface area contributed by atoms with Gasteiger partial charge in [-0.1, -0.05) is 52.3 Å². The van der Waals surface area contributed by atoms with E-state index in [2.05, 4.69) is 55.3 Å². The summed E-state index contributed by atoms with van der Waals surface area (Å²) in [4.78, 5) is 28.5. The number of carbonyl (C=O) groups is 2. The number of rotatable bonds is 7. The SMILES string of the molecule is CC(C)(C)OC(=O)NC(Cc1ccc(N2CCN(Cc3ccccc3)CC2)cc1Br)C(=O)O. The predicted molar refractivity (Wildman–Crippen MR) is 133 cm³/mol. The zero-order valence-corrected chi connectivity index (χ0v) is 21.0. The second kappa shape index (κ2) is 11.0. The second-order valence-electron chi connectivity index (χ2n) is 9.27. The Morgan fingerprint density at radius 1 is 1.09 bits per heavy atom. The average Bonchev–Trinajstić information content (AvgIpc) is 2.74. The molecule has 1 heterocycles. The van der Waals surface area contributed by atoms with Crippen molar-refractivity contribution in [2.24, 2.45) is 0 Å². The molecule has 0 radical (unpaired) electrons. The summed E-state index contributed by atoms with van der Waals surface area (Å²) in [5.41, 5.74) is 2.54. The molecule has 1 saturated heterocycles. The van der Waals surface area contributed by atoms with Crippen LogP contribution in [0.25, 0.3) is 0 Å². The summed E-state index contributed by atoms with van der Waals surface area (Å²) >= 11 is 3.59. The van der Waals surface area contributed by atoms with Crippen LogP contribution in [0.3, 0.4) is 0 Å². The van der Waals surface area contributed by atoms with Gasteiger partial charge in [-0.2, -0.15) is 0 Å². The highest BCUT2D eigenvalue weighted by atomic mass is 79.9. The summed E-state index contributed by atoms with van der Waals surface area (Å²) in [5, 5.41) is 12.0. The molecule has 1 unspecified atom stereocenters. The molecule has 7 nitrogen and oxygen atoms in total. The topological polar surface area (TPSA) is 82.1 Å². The van der Waals surface area contributed by atoms with Crippen LogP contribution in [0.15, 0.2) is 53.0 Å². The van der Waals surface area contributed by atoms with Crippen LogP contribution in [0, 0.1) is 0 Å². The number of halogens is 1. The third-order valence-corrected chi connectivity index (χ3v) is 6.17. The molecule has 33 heavy (non-hydrogen) atoms. The number of benzene rings is 2. The lowest BCUT2D eigenvalue weighted by Crippen LogP contribution is -2.46. The van der Waals surface area contributed by atoms with Gasteiger partial charge in [0.1, 0.15) is 11.6 Å². The van der Waals surface area contributed by atoms with Gasteiger partial charge in [-0.3, -0.25) is 4.90 Å². The highest BCUT2D eigenvalue weighted by Gasteiger charge is 2.25. The number of nitrogens with zero attached hydrogens (tertiary/aromatic N) is 2. The van der Waals surface area contributed by atoms with Crippen molar-refractivity contribution in [3.63, 3.8) is 0 Å². The number of carboxylic acids is 1. The van der Waals surface area contributed by atoms with Gasteiger partial charge < -0.3 is 20.1 Å². The van der Waals surface area contributed by atoms with E-state index in [0.717, 1.165) is 48.4 Å². The third kappa shape index (κ3) is 7.75. The number of alkyl carbamates (subject to hydrolysis) is 1. The summed E-state index contributed by atoms with van der Waals surface area (Å²) in [6.45, 7) is 9.98. The van der Waals surface area contributed by atoms with Gasteiger partial charge in [0.25, 0.3) is 0 Å². The van der Waals surface area contributed by atoms with Gasteiger partial charge in [0, 0.05) is 49.3 Å². The first-order valence-corrected chi connectivity index (χ1v) is 11.9. The molecule has 1 aliphatic rings. The summed E-state index contributed by atoms with van der Waals surface area (Å²) in [6, 6.07) is 15.4. The molecule has 0 spiro atoms. The van der Waals surface area contributed by atoms with E-state index < -0.39 is 23.7 Å². The molecule has 2 N–H and O–H groups in total. The van der Waals surface area contributed by atoms with E-state index in [1.807, 2.05) is 24.3 Å². The van der Waals surface area contributed by atoms with Gasteiger partial charge in [-0.25, -0.2) is 9.59 Å². The number of hydrogen-bond donors (Lipinski definition) is 2. The number of aliphatic carboxylic acids is 1. The number of anilines is 1. The Morgan fingerprint density at radius 2 is 1.76 bits per heavy atom. The van der Waals surface area contributed by atoms with Crippen LogP contribution in [0.4, 0.5) is 10.5 Å². The largest absolute Gasteiger partial charge is 0.480 e. The minimum Gasteiger partial charge on any atom is -0.480 e. The van der Waals surface area contributed by atoms with Crippen molar-refractivity contribution in [2.75, 3.05) is 31.1 Å². The van der Waals surface area contributed by atoms with Crippen LogP contribution in [-0.2, 0) is 22.5 Å². The van der Waals surface area contributed by atoms with Crippen LogP contribution >= 0.6 is 15.9 Å². The van der Waals surface area contributed by atoms with Crippen molar-refractivity contribution in [1.29, 1.82) is 0 Å². The molecule has 0 saturated carbocycles. The monoisotopic (exact) mass is 517 g/mol. The van der Waals surface area contributed by atoms with Gasteiger partial charge in [0.15, 0.2) is 0 Å². The quantitative estimate of drug-likeness (QED) is 0.569. The molecule has 0 bridgehead atoms. The maximum Gasteiger partial charge on any atom is 0.408 e. The lowest BCUT2D eigenvalue weighted by atomic mass is 10.1. The van der Waals surface area contributed by atoms with E-state index in [9.17, 15) is 14.7 Å². The van der Waals surface area contributed by atoms with Crippen molar-refractivity contribution in [2.45, 2.75) is 45.4 Å². The lowest BCUT2D eigenvalue weighted by molar-refractivity contribution is -0.139. The number of piperazine rings is 1. The summed E-state index contributed by atoms with van der Waals surface area (Å²) in [7, 11) is 0. The first-order valence-electron chi connectivity index (χ1n) is 11.1. The molecule has 2 aromatic rings. The van der Waals surface area contributed by atoms with Crippen LogP contribution in [-0.4, -0.2) is 59.9 Å². The molecule has 3 rings (SSSR count). The van der Waals surface area contributed by atoms with Gasteiger partial charge in [-0.15, -0.1) is 0 Å². The lowest BCUT2D eigenvalue weighted by Gasteiger charge is -2.36. The Morgan fingerprint density at radius 3 is 2.33 bits per heavy atom. The van der Waals surface area contributed by atoms with Crippen LogP contribution in [0.1, 0.15) is 31.9 Å². The zero-order valence-electron chi connectivity index (χ0n) is 19.4. The molecule has 1 aliphatic heterocycles. The molecule has 0 aliphatic carbocycles. The zero-order chi connectivity index (χ0) is 24.0. The second-order valence-corrected chi connectivity index (χ2v) is 10.1. The molecule has 8 heteroatoms. The molecule has 0 aromatic heterocycles. The highest BCUT2D eigenvalue weighted by Crippen LogP contribution is 2.26. The van der Waals surface area contributed by atoms with E-state index >= 15 is 0 Å². The Bertz CT molecular complexity index is 954. The number of nitrogens with one attached hydrogen (secondary N) is 1. The van der Waals surface area contributed by atoms with Gasteiger partial charge in [0.05, 0.1) is 0 Å². The summed E-state index contributed by atoms with van der Waals surface area (Å²) < 4.78 is 6.02. The third-order valence-electron chi connectivity index (χ3n) is 5.44. The Labute approximate surface area is 203 Å². The average molecular weight is 518 g/mol. The molecule has 178 valence electrons. The van der Waals surface area contributed by atoms with Gasteiger partial charge in [-0.05, 0) is 44.0 Å². The van der Waals surface area contributed by atoms with Crippen molar-refractivity contribution >= 4 is 33.7 Å². The maximum atomic E-state index is 12.0. The Kier molecular flexibility index (Phi) is 8.37. The fourth-order valence-corrected chi connectivity index (χ4v) is 4.30. The normalized spacial score (nSPS) is 15.7. The maximum absolute atomic E-state index is 12.0. The number of amides is 1. The molecular weight excluding hydrogens is 486 g/mol. The van der Waals surface area contributed by atoms with E-state index in [0.29, 0.717) is 0 Å². The summed E-state index contributed by atoms with van der Waals surface area (Å²) in [5.74, 6) is -1.11. The minimum absolute atomic E-state index is 0.153. The molecule has 1 amide bonds. The van der Waals surface area contributed by atoms with E-state index in [1.54, 1.807) is 20.8 Å². The molecular formula is C25H32BrN3O4. The summed E-state index contributed by atoms with van der Waals surface area (Å²) in [6.07, 6.45) is -0.587. The minimum atomic E-state index is -1.11. The number of hydrogen-bond acceptors (Lipinski definition) is 5. The first kappa shape index (κ1) is 25.1. The van der Waals surface area contributed by atoms with Crippen molar-refractivity contribution in [3.8, 4) is 0 Å². The van der Waals surface area contributed by atoms with Crippen molar-refractivity contribution in [1.82, 2.24) is 10.2 Å².